The van der Waals surface area contributed by atoms with Gasteiger partial charge in [-0.3, -0.25) is 9.78 Å². The number of amides is 1. The molecule has 0 saturated carbocycles. The van der Waals surface area contributed by atoms with Crippen LogP contribution in [-0.2, 0) is 0 Å². The first-order valence-corrected chi connectivity index (χ1v) is 6.43. The number of anilines is 1. The molecule has 0 bridgehead atoms. The largest absolute Gasteiger partial charge is 0.477 e. The normalized spacial score (nSPS) is 10.2. The highest BCUT2D eigenvalue weighted by molar-refractivity contribution is 7.12. The molecule has 6 heteroatoms. The third-order valence-electron chi connectivity index (χ3n) is 2.66. The Bertz CT molecular complexity index is 649. The second-order valence-electron chi connectivity index (χ2n) is 4.02. The Balaban J connectivity index is 2.32. The maximum Gasteiger partial charge on any atom is 0.348 e. The van der Waals surface area contributed by atoms with Crippen LogP contribution in [0.5, 0.6) is 0 Å². The number of carboxylic acids is 1. The molecule has 0 spiro atoms. The van der Waals surface area contributed by atoms with Crippen molar-refractivity contribution >= 4 is 28.9 Å². The molecule has 2 aromatic rings. The van der Waals surface area contributed by atoms with Gasteiger partial charge in [-0.1, -0.05) is 0 Å². The molecule has 2 N–H and O–H groups in total. The van der Waals surface area contributed by atoms with Crippen molar-refractivity contribution in [2.75, 3.05) is 5.32 Å². The van der Waals surface area contributed by atoms with E-state index >= 15 is 0 Å². The highest BCUT2D eigenvalue weighted by Gasteiger charge is 2.18. The minimum atomic E-state index is -1.05. The lowest BCUT2D eigenvalue weighted by Gasteiger charge is -2.07. The van der Waals surface area contributed by atoms with Gasteiger partial charge in [0, 0.05) is 11.9 Å². The molecule has 0 aliphatic heterocycles. The van der Waals surface area contributed by atoms with Gasteiger partial charge in [-0.2, -0.15) is 0 Å². The Kier molecular flexibility index (Phi) is 3.62. The second-order valence-corrected chi connectivity index (χ2v) is 4.90. The van der Waals surface area contributed by atoms with Gasteiger partial charge in [0.1, 0.15) is 4.88 Å². The first-order chi connectivity index (χ1) is 9.00. The van der Waals surface area contributed by atoms with Crippen molar-refractivity contribution in [1.29, 1.82) is 0 Å². The summed E-state index contributed by atoms with van der Waals surface area (Å²) in [6.07, 6.45) is 1.60. The van der Waals surface area contributed by atoms with Crippen LogP contribution in [0.2, 0.25) is 0 Å². The molecular weight excluding hydrogens is 264 g/mol. The zero-order valence-corrected chi connectivity index (χ0v) is 11.2. The molecule has 0 aromatic carbocycles. The fourth-order valence-electron chi connectivity index (χ4n) is 1.66. The van der Waals surface area contributed by atoms with Crippen LogP contribution in [0.15, 0.2) is 23.7 Å². The smallest absolute Gasteiger partial charge is 0.348 e. The lowest BCUT2D eigenvalue weighted by molar-refractivity contribution is 0.0703. The number of hydrogen-bond donors (Lipinski definition) is 2. The molecule has 0 radical (unpaired) electrons. The van der Waals surface area contributed by atoms with Crippen molar-refractivity contribution < 1.29 is 14.7 Å². The summed E-state index contributed by atoms with van der Waals surface area (Å²) in [4.78, 5) is 27.4. The molecule has 0 fully saturated rings. The van der Waals surface area contributed by atoms with Crippen LogP contribution in [0.3, 0.4) is 0 Å². The molecule has 0 aliphatic rings. The number of aryl methyl sites for hydroxylation is 2. The number of carbonyl (C=O) groups is 2. The quantitative estimate of drug-likeness (QED) is 0.903. The topological polar surface area (TPSA) is 79.3 Å². The number of pyridine rings is 1. The van der Waals surface area contributed by atoms with Gasteiger partial charge in [0.2, 0.25) is 0 Å². The van der Waals surface area contributed by atoms with E-state index in [4.69, 9.17) is 5.11 Å². The van der Waals surface area contributed by atoms with Gasteiger partial charge in [-0.05, 0) is 36.9 Å². The lowest BCUT2D eigenvalue weighted by atomic mass is 10.2. The summed E-state index contributed by atoms with van der Waals surface area (Å²) in [5.41, 5.74) is 2.12. The monoisotopic (exact) mass is 276 g/mol. The third kappa shape index (κ3) is 2.63. The standard InChI is InChI=1S/C13H12N2O3S/c1-7-6-19-11(13(17)18)10(7)15-12(16)9-4-3-5-14-8(9)2/h3-6H,1-2H3,(H,15,16)(H,17,18). The van der Waals surface area contributed by atoms with Crippen molar-refractivity contribution in [2.45, 2.75) is 13.8 Å². The maximum absolute atomic E-state index is 12.1. The number of carbonyl (C=O) groups excluding carboxylic acids is 1. The van der Waals surface area contributed by atoms with Gasteiger partial charge in [-0.25, -0.2) is 4.79 Å². The molecule has 19 heavy (non-hydrogen) atoms. The fraction of sp³-hybridized carbons (Fsp3) is 0.154. The molecule has 1 amide bonds. The van der Waals surface area contributed by atoms with E-state index in [1.54, 1.807) is 37.6 Å². The van der Waals surface area contributed by atoms with E-state index in [0.29, 0.717) is 16.9 Å². The first kappa shape index (κ1) is 13.2. The first-order valence-electron chi connectivity index (χ1n) is 5.55. The molecule has 5 nitrogen and oxygen atoms in total. The summed E-state index contributed by atoms with van der Waals surface area (Å²) < 4.78 is 0. The van der Waals surface area contributed by atoms with E-state index < -0.39 is 5.97 Å². The van der Waals surface area contributed by atoms with Crippen molar-refractivity contribution in [2.24, 2.45) is 0 Å². The average molecular weight is 276 g/mol. The van der Waals surface area contributed by atoms with E-state index in [9.17, 15) is 9.59 Å². The summed E-state index contributed by atoms with van der Waals surface area (Å²) in [5.74, 6) is -1.40. The van der Waals surface area contributed by atoms with E-state index in [2.05, 4.69) is 10.3 Å². The Morgan fingerprint density at radius 1 is 1.37 bits per heavy atom. The van der Waals surface area contributed by atoms with Gasteiger partial charge < -0.3 is 10.4 Å². The maximum atomic E-state index is 12.1. The minimum Gasteiger partial charge on any atom is -0.477 e. The molecule has 2 heterocycles. The van der Waals surface area contributed by atoms with Crippen LogP contribution in [0.4, 0.5) is 5.69 Å². The zero-order valence-electron chi connectivity index (χ0n) is 10.4. The van der Waals surface area contributed by atoms with Crippen molar-refractivity contribution in [3.05, 3.63) is 45.4 Å². The van der Waals surface area contributed by atoms with Gasteiger partial charge in [-0.15, -0.1) is 11.3 Å². The van der Waals surface area contributed by atoms with E-state index in [1.807, 2.05) is 0 Å². The molecule has 2 aromatic heterocycles. The Morgan fingerprint density at radius 2 is 2.11 bits per heavy atom. The number of hydrogen-bond acceptors (Lipinski definition) is 4. The van der Waals surface area contributed by atoms with Crippen LogP contribution in [0.25, 0.3) is 0 Å². The molecular formula is C13H12N2O3S. The number of aromatic carboxylic acids is 1. The molecule has 0 atom stereocenters. The van der Waals surface area contributed by atoms with Crippen LogP contribution in [-0.4, -0.2) is 22.0 Å². The van der Waals surface area contributed by atoms with Gasteiger partial charge in [0.15, 0.2) is 0 Å². The highest BCUT2D eigenvalue weighted by atomic mass is 32.1. The minimum absolute atomic E-state index is 0.132. The van der Waals surface area contributed by atoms with E-state index in [-0.39, 0.29) is 10.8 Å². The Morgan fingerprint density at radius 3 is 2.74 bits per heavy atom. The average Bonchev–Trinajstić information content (AvgIpc) is 2.71. The number of nitrogens with one attached hydrogen (secondary N) is 1. The Hall–Kier alpha value is -2.21. The molecule has 98 valence electrons. The number of aromatic nitrogens is 1. The SMILES string of the molecule is Cc1csc(C(=O)O)c1NC(=O)c1cccnc1C. The summed E-state index contributed by atoms with van der Waals surface area (Å²) in [6.45, 7) is 3.49. The summed E-state index contributed by atoms with van der Waals surface area (Å²) in [7, 11) is 0. The van der Waals surface area contributed by atoms with Gasteiger partial charge in [0.25, 0.3) is 5.91 Å². The van der Waals surface area contributed by atoms with Crippen LogP contribution < -0.4 is 5.32 Å². The molecule has 2 rings (SSSR count). The summed E-state index contributed by atoms with van der Waals surface area (Å²) in [6, 6.07) is 3.32. The number of nitrogens with zero attached hydrogens (tertiary/aromatic N) is 1. The van der Waals surface area contributed by atoms with E-state index in [0.717, 1.165) is 16.9 Å². The van der Waals surface area contributed by atoms with Gasteiger partial charge >= 0.3 is 5.97 Å². The lowest BCUT2D eigenvalue weighted by Crippen LogP contribution is -2.15. The number of carboxylic acid groups (broad SMARTS) is 1. The van der Waals surface area contributed by atoms with Crippen molar-refractivity contribution in [1.82, 2.24) is 4.98 Å². The van der Waals surface area contributed by atoms with Crippen molar-refractivity contribution in [3.8, 4) is 0 Å². The highest BCUT2D eigenvalue weighted by Crippen LogP contribution is 2.28. The van der Waals surface area contributed by atoms with Crippen LogP contribution >= 0.6 is 11.3 Å². The summed E-state index contributed by atoms with van der Waals surface area (Å²) in [5, 5.41) is 13.4. The zero-order chi connectivity index (χ0) is 14.0. The summed E-state index contributed by atoms with van der Waals surface area (Å²) >= 11 is 1.10. The second kappa shape index (κ2) is 5.19. The number of thiophene rings is 1. The molecule has 0 saturated heterocycles. The third-order valence-corrected chi connectivity index (χ3v) is 3.75. The molecule has 0 aliphatic carbocycles. The van der Waals surface area contributed by atoms with Crippen LogP contribution in [0.1, 0.15) is 31.3 Å². The Labute approximate surface area is 113 Å². The molecule has 0 unspecified atom stereocenters. The predicted molar refractivity (Wildman–Crippen MR) is 72.9 cm³/mol. The fourth-order valence-corrected chi connectivity index (χ4v) is 2.51. The van der Waals surface area contributed by atoms with E-state index in [1.165, 1.54) is 0 Å². The van der Waals surface area contributed by atoms with Crippen molar-refractivity contribution in [3.63, 3.8) is 0 Å². The van der Waals surface area contributed by atoms with Gasteiger partial charge in [0.05, 0.1) is 11.3 Å². The number of rotatable bonds is 3. The van der Waals surface area contributed by atoms with Crippen LogP contribution in [0, 0.1) is 13.8 Å². The predicted octanol–water partition coefficient (Wildman–Crippen LogP) is 2.71.